The van der Waals surface area contributed by atoms with E-state index >= 15 is 0 Å². The van der Waals surface area contributed by atoms with Gasteiger partial charge in [0, 0.05) is 5.69 Å². The molecule has 4 nitrogen and oxygen atoms in total. The number of ether oxygens (including phenoxy) is 1. The summed E-state index contributed by atoms with van der Waals surface area (Å²) in [5, 5.41) is 12.8. The fraction of sp³-hybridized carbons (Fsp3) is 0.250. The zero-order valence-corrected chi connectivity index (χ0v) is 14.2. The molecule has 2 aromatic rings. The van der Waals surface area contributed by atoms with E-state index in [9.17, 15) is 9.90 Å². The lowest BCUT2D eigenvalue weighted by Gasteiger charge is -2.25. The van der Waals surface area contributed by atoms with Crippen LogP contribution >= 0.6 is 0 Å². The van der Waals surface area contributed by atoms with Gasteiger partial charge in [0.1, 0.15) is 5.75 Å². The molecule has 0 bridgehead atoms. The van der Waals surface area contributed by atoms with E-state index in [1.807, 2.05) is 67.6 Å². The van der Waals surface area contributed by atoms with E-state index in [1.54, 1.807) is 14.0 Å². The van der Waals surface area contributed by atoms with Gasteiger partial charge in [0.2, 0.25) is 0 Å². The van der Waals surface area contributed by atoms with Crippen molar-refractivity contribution < 1.29 is 14.6 Å². The molecule has 2 aromatic carbocycles. The number of methoxy groups -OCH3 is 1. The number of aliphatic carboxylic acids is 1. The topological polar surface area (TPSA) is 58.6 Å². The van der Waals surface area contributed by atoms with Crippen LogP contribution in [0.3, 0.4) is 0 Å². The minimum atomic E-state index is -0.832. The molecule has 0 aliphatic rings. The number of nitrogens with one attached hydrogen (secondary N) is 1. The molecule has 0 amide bonds. The van der Waals surface area contributed by atoms with Gasteiger partial charge in [0.25, 0.3) is 0 Å². The highest BCUT2D eigenvalue weighted by molar-refractivity contribution is 5.73. The quantitative estimate of drug-likeness (QED) is 0.797. The Morgan fingerprint density at radius 3 is 2.29 bits per heavy atom. The Morgan fingerprint density at radius 2 is 1.75 bits per heavy atom. The third-order valence-corrected chi connectivity index (χ3v) is 3.99. The first kappa shape index (κ1) is 17.6. The summed E-state index contributed by atoms with van der Waals surface area (Å²) >= 11 is 0. The lowest BCUT2D eigenvalue weighted by molar-refractivity contribution is -0.141. The molecule has 2 rings (SSSR count). The average Bonchev–Trinajstić information content (AvgIpc) is 2.60. The summed E-state index contributed by atoms with van der Waals surface area (Å²) in [5.41, 5.74) is 2.87. The van der Waals surface area contributed by atoms with E-state index in [1.165, 1.54) is 0 Å². The first-order chi connectivity index (χ1) is 11.5. The van der Waals surface area contributed by atoms with E-state index in [0.717, 1.165) is 22.6 Å². The molecule has 0 aromatic heterocycles. The summed E-state index contributed by atoms with van der Waals surface area (Å²) in [7, 11) is 1.62. The van der Waals surface area contributed by atoms with Crippen LogP contribution in [0, 0.1) is 5.92 Å². The molecule has 126 valence electrons. The summed E-state index contributed by atoms with van der Waals surface area (Å²) in [4.78, 5) is 11.5. The van der Waals surface area contributed by atoms with Crippen molar-refractivity contribution in [2.45, 2.75) is 19.9 Å². The number of carbonyl (C=O) groups is 1. The zero-order chi connectivity index (χ0) is 17.5. The predicted octanol–water partition coefficient (Wildman–Crippen LogP) is 4.30. The second-order valence-electron chi connectivity index (χ2n) is 5.78. The second kappa shape index (κ2) is 8.20. The van der Waals surface area contributed by atoms with Gasteiger partial charge in [-0.05, 0) is 49.2 Å². The molecule has 0 saturated carbocycles. The van der Waals surface area contributed by atoms with Crippen LogP contribution in [-0.4, -0.2) is 24.2 Å². The minimum absolute atomic E-state index is 0.309. The highest BCUT2D eigenvalue weighted by atomic mass is 16.5. The van der Waals surface area contributed by atoms with Gasteiger partial charge in [0.05, 0.1) is 19.1 Å². The van der Waals surface area contributed by atoms with Crippen LogP contribution in [0.5, 0.6) is 5.75 Å². The Bertz CT molecular complexity index is 693. The van der Waals surface area contributed by atoms with Gasteiger partial charge < -0.3 is 15.2 Å². The molecule has 0 fully saturated rings. The van der Waals surface area contributed by atoms with Crippen LogP contribution in [-0.2, 0) is 4.79 Å². The van der Waals surface area contributed by atoms with Gasteiger partial charge in [0.15, 0.2) is 0 Å². The van der Waals surface area contributed by atoms with Crippen molar-refractivity contribution in [3.8, 4) is 5.75 Å². The molecule has 0 unspecified atom stereocenters. The van der Waals surface area contributed by atoms with Crippen LogP contribution in [0.1, 0.15) is 19.4 Å². The number of hydrogen-bond donors (Lipinski definition) is 2. The highest BCUT2D eigenvalue weighted by Crippen LogP contribution is 2.23. The van der Waals surface area contributed by atoms with Crippen molar-refractivity contribution in [2.24, 2.45) is 5.92 Å². The van der Waals surface area contributed by atoms with Gasteiger partial charge in [-0.2, -0.15) is 0 Å². The Morgan fingerprint density at radius 1 is 1.12 bits per heavy atom. The molecular weight excluding hydrogens is 302 g/mol. The van der Waals surface area contributed by atoms with Gasteiger partial charge >= 0.3 is 5.97 Å². The summed E-state index contributed by atoms with van der Waals surface area (Å²) in [6.07, 6.45) is 2.01. The average molecular weight is 325 g/mol. The summed E-state index contributed by atoms with van der Waals surface area (Å²) in [6, 6.07) is 17.0. The lowest BCUT2D eigenvalue weighted by atomic mass is 9.93. The van der Waals surface area contributed by atoms with Crippen molar-refractivity contribution in [3.05, 3.63) is 65.7 Å². The standard InChI is InChI=1S/C20H23NO3/c1-14(13-16-7-5-4-6-8-16)19(15(2)20(22)23)21-17-9-11-18(24-3)12-10-17/h4-13,15,19,21H,1-3H3,(H,22,23)/b14-13+/t15-,19-/m1/s1. The number of hydrogen-bond acceptors (Lipinski definition) is 3. The van der Waals surface area contributed by atoms with Crippen molar-refractivity contribution in [1.29, 1.82) is 0 Å². The predicted molar refractivity (Wildman–Crippen MR) is 97.3 cm³/mol. The molecule has 24 heavy (non-hydrogen) atoms. The third kappa shape index (κ3) is 4.62. The van der Waals surface area contributed by atoms with E-state index in [4.69, 9.17) is 4.74 Å². The van der Waals surface area contributed by atoms with E-state index in [2.05, 4.69) is 5.32 Å². The third-order valence-electron chi connectivity index (χ3n) is 3.99. The fourth-order valence-electron chi connectivity index (χ4n) is 2.54. The Labute approximate surface area is 142 Å². The highest BCUT2D eigenvalue weighted by Gasteiger charge is 2.25. The van der Waals surface area contributed by atoms with Crippen LogP contribution in [0.15, 0.2) is 60.2 Å². The minimum Gasteiger partial charge on any atom is -0.497 e. The molecule has 0 saturated heterocycles. The molecular formula is C20H23NO3. The molecule has 0 aliphatic heterocycles. The molecule has 0 aliphatic carbocycles. The Hall–Kier alpha value is -2.75. The van der Waals surface area contributed by atoms with Gasteiger partial charge in [-0.1, -0.05) is 36.4 Å². The summed E-state index contributed by atoms with van der Waals surface area (Å²) < 4.78 is 5.15. The van der Waals surface area contributed by atoms with Gasteiger partial charge in [-0.3, -0.25) is 4.79 Å². The van der Waals surface area contributed by atoms with Crippen LogP contribution in [0.25, 0.3) is 6.08 Å². The normalized spacial score (nSPS) is 13.9. The summed E-state index contributed by atoms with van der Waals surface area (Å²) in [5.74, 6) is -0.631. The molecule has 0 spiro atoms. The van der Waals surface area contributed by atoms with E-state index < -0.39 is 11.9 Å². The molecule has 0 radical (unpaired) electrons. The Balaban J connectivity index is 2.26. The maximum Gasteiger partial charge on any atom is 0.308 e. The lowest BCUT2D eigenvalue weighted by Crippen LogP contribution is -2.33. The van der Waals surface area contributed by atoms with E-state index in [-0.39, 0.29) is 6.04 Å². The second-order valence-corrected chi connectivity index (χ2v) is 5.78. The first-order valence-corrected chi connectivity index (χ1v) is 7.88. The van der Waals surface area contributed by atoms with Crippen LogP contribution in [0.2, 0.25) is 0 Å². The number of carboxylic acid groups (broad SMARTS) is 1. The summed E-state index contributed by atoms with van der Waals surface area (Å²) in [6.45, 7) is 3.67. The number of rotatable bonds is 7. The SMILES string of the molecule is COc1ccc(N[C@H](/C(C)=C/c2ccccc2)[C@@H](C)C(=O)O)cc1. The maximum atomic E-state index is 11.5. The first-order valence-electron chi connectivity index (χ1n) is 7.88. The van der Waals surface area contributed by atoms with Gasteiger partial charge in [-0.15, -0.1) is 0 Å². The smallest absolute Gasteiger partial charge is 0.308 e. The fourth-order valence-corrected chi connectivity index (χ4v) is 2.54. The van der Waals surface area contributed by atoms with Crippen molar-refractivity contribution in [2.75, 3.05) is 12.4 Å². The maximum absolute atomic E-state index is 11.5. The number of carboxylic acids is 1. The largest absolute Gasteiger partial charge is 0.497 e. The monoisotopic (exact) mass is 325 g/mol. The number of anilines is 1. The van der Waals surface area contributed by atoms with Crippen molar-refractivity contribution in [3.63, 3.8) is 0 Å². The zero-order valence-electron chi connectivity index (χ0n) is 14.2. The van der Waals surface area contributed by atoms with Crippen LogP contribution < -0.4 is 10.1 Å². The molecule has 0 heterocycles. The molecule has 2 atom stereocenters. The van der Waals surface area contributed by atoms with E-state index in [0.29, 0.717) is 0 Å². The van der Waals surface area contributed by atoms with Crippen molar-refractivity contribution >= 4 is 17.7 Å². The molecule has 2 N–H and O–H groups in total. The number of benzene rings is 2. The Kier molecular flexibility index (Phi) is 6.01. The van der Waals surface area contributed by atoms with Crippen LogP contribution in [0.4, 0.5) is 5.69 Å². The van der Waals surface area contributed by atoms with Gasteiger partial charge in [-0.25, -0.2) is 0 Å². The van der Waals surface area contributed by atoms with Crippen molar-refractivity contribution in [1.82, 2.24) is 0 Å². The molecule has 4 heteroatoms.